The van der Waals surface area contributed by atoms with E-state index >= 15 is 0 Å². The van der Waals surface area contributed by atoms with Crippen molar-refractivity contribution in [2.75, 3.05) is 13.1 Å². The van der Waals surface area contributed by atoms with Gasteiger partial charge in [-0.3, -0.25) is 0 Å². The number of rotatable bonds is 4. The Labute approximate surface area is 155 Å². The zero-order chi connectivity index (χ0) is 17.9. The molecular weight excluding hydrogens is 316 g/mol. The molecule has 130 valence electrons. The lowest BCUT2D eigenvalue weighted by atomic mass is 9.98. The van der Waals surface area contributed by atoms with E-state index in [2.05, 4.69) is 60.4 Å². The molecule has 0 bridgehead atoms. The number of nitrogens with zero attached hydrogens (tertiary/aromatic N) is 2. The lowest BCUT2D eigenvalue weighted by molar-refractivity contribution is 0.272. The zero-order valence-corrected chi connectivity index (χ0v) is 15.3. The molecule has 2 nitrogen and oxygen atoms in total. The summed E-state index contributed by atoms with van der Waals surface area (Å²) in [4.78, 5) is 2.61. The normalized spacial score (nSPS) is 17.5. The molecule has 2 heteroatoms. The van der Waals surface area contributed by atoms with Crippen molar-refractivity contribution in [1.29, 1.82) is 5.26 Å². The number of likely N-dealkylation sites (tertiary alicyclic amines) is 1. The summed E-state index contributed by atoms with van der Waals surface area (Å²) < 4.78 is 0. The molecule has 1 heterocycles. The monoisotopic (exact) mass is 340 g/mol. The lowest BCUT2D eigenvalue weighted by Gasteiger charge is -2.20. The van der Waals surface area contributed by atoms with E-state index in [-0.39, 0.29) is 0 Å². The number of benzene rings is 3. The molecule has 1 aliphatic heterocycles. The molecule has 1 aliphatic rings. The van der Waals surface area contributed by atoms with Gasteiger partial charge in [0.15, 0.2) is 0 Å². The van der Waals surface area contributed by atoms with Crippen molar-refractivity contribution in [3.63, 3.8) is 0 Å². The third kappa shape index (κ3) is 3.49. The number of fused-ring (bicyclic) bond motifs is 1. The smallest absolute Gasteiger partial charge is 0.0991 e. The largest absolute Gasteiger partial charge is 0.300 e. The van der Waals surface area contributed by atoms with Gasteiger partial charge in [0.05, 0.1) is 11.6 Å². The van der Waals surface area contributed by atoms with Crippen molar-refractivity contribution < 1.29 is 0 Å². The highest BCUT2D eigenvalue weighted by atomic mass is 15.2. The molecule has 0 N–H and O–H groups in total. The molecule has 1 atom stereocenters. The Kier molecular flexibility index (Phi) is 4.73. The van der Waals surface area contributed by atoms with Gasteiger partial charge in [0.25, 0.3) is 0 Å². The third-order valence-corrected chi connectivity index (χ3v) is 5.61. The van der Waals surface area contributed by atoms with Crippen molar-refractivity contribution in [3.8, 4) is 17.2 Å². The first-order valence-electron chi connectivity index (χ1n) is 9.50. The minimum Gasteiger partial charge on any atom is -0.300 e. The standard InChI is InChI=1S/C24H24N2/c1-18-4-3-12-26(18)13-11-19-7-8-23-16-24(10-9-22(23)14-19)21-6-2-5-20(15-21)17-25/h2,5-10,14-16,18H,3-4,11-13H2,1H3/t18-/m0/s1. The van der Waals surface area contributed by atoms with E-state index in [0.717, 1.165) is 30.1 Å². The first-order chi connectivity index (χ1) is 12.7. The Morgan fingerprint density at radius 3 is 2.62 bits per heavy atom. The topological polar surface area (TPSA) is 27.0 Å². The number of hydrogen-bond acceptors (Lipinski definition) is 2. The van der Waals surface area contributed by atoms with Crippen LogP contribution in [0.15, 0.2) is 60.7 Å². The SMILES string of the molecule is C[C@H]1CCCN1CCc1ccc2cc(-c3cccc(C#N)c3)ccc2c1. The maximum absolute atomic E-state index is 9.10. The molecule has 0 aliphatic carbocycles. The fraction of sp³-hybridized carbons (Fsp3) is 0.292. The summed E-state index contributed by atoms with van der Waals surface area (Å²) in [6.07, 6.45) is 3.80. The summed E-state index contributed by atoms with van der Waals surface area (Å²) in [7, 11) is 0. The Morgan fingerprint density at radius 2 is 1.81 bits per heavy atom. The molecule has 4 rings (SSSR count). The van der Waals surface area contributed by atoms with E-state index in [1.165, 1.54) is 35.7 Å². The van der Waals surface area contributed by atoms with E-state index in [1.54, 1.807) is 0 Å². The predicted molar refractivity (Wildman–Crippen MR) is 108 cm³/mol. The fourth-order valence-corrected chi connectivity index (χ4v) is 4.00. The first-order valence-corrected chi connectivity index (χ1v) is 9.50. The summed E-state index contributed by atoms with van der Waals surface area (Å²) in [5.74, 6) is 0. The van der Waals surface area contributed by atoms with Crippen LogP contribution < -0.4 is 0 Å². The van der Waals surface area contributed by atoms with Gasteiger partial charge in [-0.25, -0.2) is 0 Å². The van der Waals surface area contributed by atoms with Gasteiger partial charge in [-0.2, -0.15) is 5.26 Å². The highest BCUT2D eigenvalue weighted by molar-refractivity contribution is 5.88. The summed E-state index contributed by atoms with van der Waals surface area (Å²) in [6.45, 7) is 4.75. The van der Waals surface area contributed by atoms with E-state index in [9.17, 15) is 0 Å². The zero-order valence-electron chi connectivity index (χ0n) is 15.3. The molecule has 3 aromatic rings. The van der Waals surface area contributed by atoms with Gasteiger partial charge in [-0.05, 0) is 78.4 Å². The molecule has 0 amide bonds. The van der Waals surface area contributed by atoms with Crippen molar-refractivity contribution in [2.24, 2.45) is 0 Å². The van der Waals surface area contributed by atoms with Crippen LogP contribution in [0.4, 0.5) is 0 Å². The fourth-order valence-electron chi connectivity index (χ4n) is 4.00. The maximum atomic E-state index is 9.10. The predicted octanol–water partition coefficient (Wildman–Crippen LogP) is 5.41. The summed E-state index contributed by atoms with van der Waals surface area (Å²) in [6, 6.07) is 24.2. The van der Waals surface area contributed by atoms with Crippen LogP contribution in [0.1, 0.15) is 30.9 Å². The Hall–Kier alpha value is -2.63. The molecule has 1 saturated heterocycles. The molecule has 0 saturated carbocycles. The summed E-state index contributed by atoms with van der Waals surface area (Å²) in [5.41, 5.74) is 4.37. The Morgan fingerprint density at radius 1 is 1.00 bits per heavy atom. The molecule has 0 spiro atoms. The molecular formula is C24H24N2. The van der Waals surface area contributed by atoms with Crippen LogP contribution in [0.2, 0.25) is 0 Å². The van der Waals surface area contributed by atoms with Gasteiger partial charge >= 0.3 is 0 Å². The second-order valence-corrected chi connectivity index (χ2v) is 7.37. The first kappa shape index (κ1) is 16.8. The Bertz CT molecular complexity index is 967. The van der Waals surface area contributed by atoms with Crippen molar-refractivity contribution >= 4 is 10.8 Å². The number of hydrogen-bond donors (Lipinski definition) is 0. The van der Waals surface area contributed by atoms with E-state index < -0.39 is 0 Å². The van der Waals surface area contributed by atoms with Gasteiger partial charge in [0.2, 0.25) is 0 Å². The minimum absolute atomic E-state index is 0.703. The van der Waals surface area contributed by atoms with Crippen LogP contribution in [-0.4, -0.2) is 24.0 Å². The van der Waals surface area contributed by atoms with Crippen molar-refractivity contribution in [3.05, 3.63) is 71.8 Å². The van der Waals surface area contributed by atoms with Gasteiger partial charge in [0, 0.05) is 12.6 Å². The molecule has 0 aromatic heterocycles. The van der Waals surface area contributed by atoms with Crippen molar-refractivity contribution in [1.82, 2.24) is 4.90 Å². The molecule has 26 heavy (non-hydrogen) atoms. The van der Waals surface area contributed by atoms with E-state index in [0.29, 0.717) is 5.56 Å². The average molecular weight is 340 g/mol. The second kappa shape index (κ2) is 7.32. The quantitative estimate of drug-likeness (QED) is 0.635. The van der Waals surface area contributed by atoms with Crippen molar-refractivity contribution in [2.45, 2.75) is 32.2 Å². The van der Waals surface area contributed by atoms with Crippen LogP contribution in [0.25, 0.3) is 21.9 Å². The maximum Gasteiger partial charge on any atom is 0.0991 e. The summed E-state index contributed by atoms with van der Waals surface area (Å²) in [5, 5.41) is 11.6. The second-order valence-electron chi connectivity index (χ2n) is 7.37. The minimum atomic E-state index is 0.703. The van der Waals surface area contributed by atoms with Crippen LogP contribution in [0, 0.1) is 11.3 Å². The van der Waals surface area contributed by atoms with E-state index in [4.69, 9.17) is 5.26 Å². The molecule has 3 aromatic carbocycles. The van der Waals surface area contributed by atoms with Crippen LogP contribution in [0.5, 0.6) is 0 Å². The highest BCUT2D eigenvalue weighted by Gasteiger charge is 2.19. The van der Waals surface area contributed by atoms with Gasteiger partial charge in [-0.15, -0.1) is 0 Å². The van der Waals surface area contributed by atoms with Crippen LogP contribution in [-0.2, 0) is 6.42 Å². The lowest BCUT2D eigenvalue weighted by Crippen LogP contribution is -2.28. The van der Waals surface area contributed by atoms with E-state index in [1.807, 2.05) is 18.2 Å². The van der Waals surface area contributed by atoms with Crippen LogP contribution >= 0.6 is 0 Å². The number of nitriles is 1. The summed E-state index contributed by atoms with van der Waals surface area (Å²) >= 11 is 0. The average Bonchev–Trinajstić information content (AvgIpc) is 3.10. The Balaban J connectivity index is 1.55. The van der Waals surface area contributed by atoms with Gasteiger partial charge in [0.1, 0.15) is 0 Å². The third-order valence-electron chi connectivity index (χ3n) is 5.61. The van der Waals surface area contributed by atoms with Gasteiger partial charge in [-0.1, -0.05) is 42.5 Å². The molecule has 0 radical (unpaired) electrons. The highest BCUT2D eigenvalue weighted by Crippen LogP contribution is 2.26. The molecule has 0 unspecified atom stereocenters. The molecule has 1 fully saturated rings. The van der Waals surface area contributed by atoms with Gasteiger partial charge < -0.3 is 4.90 Å². The van der Waals surface area contributed by atoms with Crippen LogP contribution in [0.3, 0.4) is 0 Å².